The fourth-order valence-corrected chi connectivity index (χ4v) is 3.42. The minimum atomic E-state index is -0.807. The van der Waals surface area contributed by atoms with Crippen molar-refractivity contribution in [2.24, 2.45) is 0 Å². The molecule has 19 heavy (non-hydrogen) atoms. The van der Waals surface area contributed by atoms with Crippen LogP contribution in [0, 0.1) is 0 Å². The first-order chi connectivity index (χ1) is 9.15. The van der Waals surface area contributed by atoms with Crippen molar-refractivity contribution in [3.05, 3.63) is 22.7 Å². The highest BCUT2D eigenvalue weighted by molar-refractivity contribution is 9.10. The second-order valence-electron chi connectivity index (χ2n) is 4.66. The monoisotopic (exact) mass is 340 g/mol. The predicted molar refractivity (Wildman–Crippen MR) is 78.7 cm³/mol. The van der Waals surface area contributed by atoms with Crippen molar-refractivity contribution >= 4 is 44.7 Å². The van der Waals surface area contributed by atoms with Crippen LogP contribution in [0.25, 0.3) is 11.0 Å². The fourth-order valence-electron chi connectivity index (χ4n) is 2.27. The SMILES string of the molecule is O=C(O)CSc1nc2ccc(Br)cc2n1C1CCC1. The summed E-state index contributed by atoms with van der Waals surface area (Å²) in [5.74, 6) is -0.754. The van der Waals surface area contributed by atoms with Crippen LogP contribution in [0.4, 0.5) is 0 Å². The van der Waals surface area contributed by atoms with Crippen LogP contribution < -0.4 is 0 Å². The van der Waals surface area contributed by atoms with Crippen molar-refractivity contribution in [1.29, 1.82) is 0 Å². The lowest BCUT2D eigenvalue weighted by atomic mass is 9.93. The maximum Gasteiger partial charge on any atom is 0.313 e. The molecular formula is C13H13BrN2O2S. The third-order valence-electron chi connectivity index (χ3n) is 3.38. The molecule has 100 valence electrons. The van der Waals surface area contributed by atoms with Gasteiger partial charge in [0.15, 0.2) is 5.16 Å². The van der Waals surface area contributed by atoms with Crippen LogP contribution in [0.1, 0.15) is 25.3 Å². The van der Waals surface area contributed by atoms with Gasteiger partial charge >= 0.3 is 5.97 Å². The molecule has 6 heteroatoms. The molecule has 0 radical (unpaired) electrons. The lowest BCUT2D eigenvalue weighted by Gasteiger charge is -2.28. The molecular weight excluding hydrogens is 328 g/mol. The van der Waals surface area contributed by atoms with Crippen molar-refractivity contribution in [2.45, 2.75) is 30.5 Å². The number of hydrogen-bond acceptors (Lipinski definition) is 3. The van der Waals surface area contributed by atoms with Crippen LogP contribution >= 0.6 is 27.7 Å². The Hall–Kier alpha value is -1.01. The highest BCUT2D eigenvalue weighted by Gasteiger charge is 2.25. The molecule has 0 bridgehead atoms. The molecule has 0 unspecified atom stereocenters. The number of aromatic nitrogens is 2. The molecule has 1 aliphatic rings. The van der Waals surface area contributed by atoms with Crippen LogP contribution in [0.3, 0.4) is 0 Å². The second kappa shape index (κ2) is 5.17. The van der Waals surface area contributed by atoms with Crippen molar-refractivity contribution in [3.63, 3.8) is 0 Å². The Morgan fingerprint density at radius 3 is 2.95 bits per heavy atom. The van der Waals surface area contributed by atoms with E-state index in [0.717, 1.165) is 33.5 Å². The van der Waals surface area contributed by atoms with E-state index in [-0.39, 0.29) is 5.75 Å². The lowest BCUT2D eigenvalue weighted by Crippen LogP contribution is -2.18. The summed E-state index contributed by atoms with van der Waals surface area (Å²) in [6.45, 7) is 0. The average molecular weight is 341 g/mol. The number of carboxylic acids is 1. The van der Waals surface area contributed by atoms with Crippen LogP contribution in [-0.4, -0.2) is 26.4 Å². The van der Waals surface area contributed by atoms with Gasteiger partial charge in [0, 0.05) is 10.5 Å². The number of hydrogen-bond donors (Lipinski definition) is 1. The maximum atomic E-state index is 10.7. The van der Waals surface area contributed by atoms with Gasteiger partial charge in [0.1, 0.15) is 0 Å². The summed E-state index contributed by atoms with van der Waals surface area (Å²) in [6.07, 6.45) is 3.54. The van der Waals surface area contributed by atoms with E-state index in [2.05, 4.69) is 31.5 Å². The van der Waals surface area contributed by atoms with E-state index < -0.39 is 5.97 Å². The number of fused-ring (bicyclic) bond motifs is 1. The molecule has 1 aromatic carbocycles. The summed E-state index contributed by atoms with van der Waals surface area (Å²) < 4.78 is 3.23. The Labute approximate surface area is 123 Å². The summed E-state index contributed by atoms with van der Waals surface area (Å²) in [5.41, 5.74) is 2.02. The number of imidazole rings is 1. The highest BCUT2D eigenvalue weighted by atomic mass is 79.9. The number of benzene rings is 1. The average Bonchev–Trinajstić information content (AvgIpc) is 2.63. The molecule has 1 heterocycles. The molecule has 3 rings (SSSR count). The summed E-state index contributed by atoms with van der Waals surface area (Å²) >= 11 is 4.79. The van der Waals surface area contributed by atoms with Gasteiger partial charge in [-0.2, -0.15) is 0 Å². The van der Waals surface area contributed by atoms with Gasteiger partial charge < -0.3 is 9.67 Å². The van der Waals surface area contributed by atoms with E-state index in [1.54, 1.807) is 0 Å². The second-order valence-corrected chi connectivity index (χ2v) is 6.52. The number of aliphatic carboxylic acids is 1. The summed E-state index contributed by atoms with van der Waals surface area (Å²) in [5, 5.41) is 9.65. The van der Waals surface area contributed by atoms with Gasteiger partial charge in [0.25, 0.3) is 0 Å². The molecule has 1 aliphatic carbocycles. The topological polar surface area (TPSA) is 55.1 Å². The number of nitrogens with zero attached hydrogens (tertiary/aromatic N) is 2. The van der Waals surface area contributed by atoms with Crippen molar-refractivity contribution < 1.29 is 9.90 Å². The van der Waals surface area contributed by atoms with Gasteiger partial charge in [-0.1, -0.05) is 27.7 Å². The van der Waals surface area contributed by atoms with Gasteiger partial charge in [0.2, 0.25) is 0 Å². The Balaban J connectivity index is 2.05. The van der Waals surface area contributed by atoms with E-state index in [1.165, 1.54) is 18.2 Å². The Kier molecular flexibility index (Phi) is 3.54. The van der Waals surface area contributed by atoms with Crippen LogP contribution in [-0.2, 0) is 4.79 Å². The molecule has 1 aromatic heterocycles. The number of thioether (sulfide) groups is 1. The smallest absolute Gasteiger partial charge is 0.313 e. The number of halogens is 1. The van der Waals surface area contributed by atoms with Crippen LogP contribution in [0.15, 0.2) is 27.8 Å². The van der Waals surface area contributed by atoms with Crippen LogP contribution in [0.5, 0.6) is 0 Å². The predicted octanol–water partition coefficient (Wildman–Crippen LogP) is 3.70. The number of carbonyl (C=O) groups is 1. The van der Waals surface area contributed by atoms with Crippen LogP contribution in [0.2, 0.25) is 0 Å². The molecule has 0 spiro atoms. The van der Waals surface area contributed by atoms with E-state index >= 15 is 0 Å². The molecule has 1 fully saturated rings. The van der Waals surface area contributed by atoms with Gasteiger partial charge in [-0.3, -0.25) is 4.79 Å². The lowest BCUT2D eigenvalue weighted by molar-refractivity contribution is -0.133. The number of carboxylic acid groups (broad SMARTS) is 1. The van der Waals surface area contributed by atoms with E-state index in [0.29, 0.717) is 6.04 Å². The fraction of sp³-hybridized carbons (Fsp3) is 0.385. The largest absolute Gasteiger partial charge is 0.481 e. The zero-order valence-corrected chi connectivity index (χ0v) is 12.6. The molecule has 2 aromatic rings. The van der Waals surface area contributed by atoms with Gasteiger partial charge in [-0.05, 0) is 37.5 Å². The molecule has 0 aliphatic heterocycles. The van der Waals surface area contributed by atoms with Crippen molar-refractivity contribution in [3.8, 4) is 0 Å². The maximum absolute atomic E-state index is 10.7. The van der Waals surface area contributed by atoms with Crippen molar-refractivity contribution in [1.82, 2.24) is 9.55 Å². The molecule has 0 saturated heterocycles. The van der Waals surface area contributed by atoms with Gasteiger partial charge in [0.05, 0.1) is 16.8 Å². The van der Waals surface area contributed by atoms with E-state index in [1.807, 2.05) is 12.1 Å². The molecule has 1 N–H and O–H groups in total. The van der Waals surface area contributed by atoms with E-state index in [4.69, 9.17) is 5.11 Å². The third kappa shape index (κ3) is 2.51. The van der Waals surface area contributed by atoms with Gasteiger partial charge in [-0.25, -0.2) is 4.98 Å². The standard InChI is InChI=1S/C13H13BrN2O2S/c14-8-4-5-10-11(6-8)16(9-2-1-3-9)13(15-10)19-7-12(17)18/h4-6,9H,1-3,7H2,(H,17,18). The Morgan fingerprint density at radius 2 is 2.32 bits per heavy atom. The summed E-state index contributed by atoms with van der Waals surface area (Å²) in [7, 11) is 0. The zero-order chi connectivity index (χ0) is 13.4. The molecule has 1 saturated carbocycles. The first-order valence-corrected chi connectivity index (χ1v) is 7.95. The van der Waals surface area contributed by atoms with Gasteiger partial charge in [-0.15, -0.1) is 0 Å². The first kappa shape index (κ1) is 13.0. The quantitative estimate of drug-likeness (QED) is 0.862. The van der Waals surface area contributed by atoms with Crippen molar-refractivity contribution in [2.75, 3.05) is 5.75 Å². The Morgan fingerprint density at radius 1 is 1.53 bits per heavy atom. The Bertz CT molecular complexity index is 637. The zero-order valence-electron chi connectivity index (χ0n) is 10.2. The molecule has 0 amide bonds. The first-order valence-electron chi connectivity index (χ1n) is 6.17. The summed E-state index contributed by atoms with van der Waals surface area (Å²) in [6, 6.07) is 6.47. The number of rotatable bonds is 4. The molecule has 0 atom stereocenters. The third-order valence-corrected chi connectivity index (χ3v) is 4.81. The van der Waals surface area contributed by atoms with E-state index in [9.17, 15) is 4.79 Å². The minimum absolute atomic E-state index is 0.0528. The summed E-state index contributed by atoms with van der Waals surface area (Å²) in [4.78, 5) is 15.3. The normalized spacial score (nSPS) is 15.6. The molecule has 4 nitrogen and oxygen atoms in total. The highest BCUT2D eigenvalue weighted by Crippen LogP contribution is 2.38. The minimum Gasteiger partial charge on any atom is -0.481 e.